The molecular weight excluding hydrogens is 246 g/mol. The van der Waals surface area contributed by atoms with E-state index < -0.39 is 9.84 Å². The minimum absolute atomic E-state index is 0.0209. The van der Waals surface area contributed by atoms with Gasteiger partial charge in [-0.15, -0.1) is 0 Å². The van der Waals surface area contributed by atoms with E-state index in [9.17, 15) is 8.42 Å². The molecule has 2 rings (SSSR count). The molecule has 0 aromatic carbocycles. The molecule has 1 N–H and O–H groups in total. The molecule has 106 valence electrons. The molecule has 2 unspecified atom stereocenters. The first-order chi connectivity index (χ1) is 8.64. The van der Waals surface area contributed by atoms with Gasteiger partial charge in [0.25, 0.3) is 0 Å². The molecule has 2 saturated carbocycles. The number of rotatable bonds is 5. The third-order valence-corrected chi connectivity index (χ3v) is 7.30. The quantitative estimate of drug-likeness (QED) is 0.837. The van der Waals surface area contributed by atoms with Crippen LogP contribution in [-0.4, -0.2) is 31.5 Å². The number of hydrogen-bond donors (Lipinski definition) is 1. The number of sulfone groups is 1. The average Bonchev–Trinajstić information content (AvgIpc) is 2.91. The highest BCUT2D eigenvalue weighted by Gasteiger charge is 2.38. The van der Waals surface area contributed by atoms with E-state index in [0.29, 0.717) is 6.04 Å². The van der Waals surface area contributed by atoms with Crippen molar-refractivity contribution in [1.82, 2.24) is 5.32 Å². The van der Waals surface area contributed by atoms with Crippen molar-refractivity contribution in [3.8, 4) is 0 Å². The van der Waals surface area contributed by atoms with Crippen molar-refractivity contribution in [1.29, 1.82) is 0 Å². The van der Waals surface area contributed by atoms with E-state index in [-0.39, 0.29) is 10.5 Å². The minimum atomic E-state index is -2.86. The van der Waals surface area contributed by atoms with E-state index in [0.717, 1.165) is 64.3 Å². The molecule has 4 heteroatoms. The third-order valence-electron chi connectivity index (χ3n) is 4.54. The number of hydrogen-bond acceptors (Lipinski definition) is 3. The maximum absolute atomic E-state index is 12.6. The van der Waals surface area contributed by atoms with Gasteiger partial charge in [0.1, 0.15) is 0 Å². The van der Waals surface area contributed by atoms with Crippen molar-refractivity contribution in [2.75, 3.05) is 6.54 Å². The van der Waals surface area contributed by atoms with E-state index >= 15 is 0 Å². The highest BCUT2D eigenvalue weighted by molar-refractivity contribution is 7.92. The van der Waals surface area contributed by atoms with Crippen LogP contribution >= 0.6 is 0 Å². The standard InChI is InChI=1S/C14H27NO2S/c1-2-10-15-12-6-5-9-14(11-12)18(16,17)13-7-3-4-8-13/h12-15H,2-11H2,1H3. The van der Waals surface area contributed by atoms with E-state index in [1.807, 2.05) is 0 Å². The monoisotopic (exact) mass is 273 g/mol. The second-order valence-corrected chi connectivity index (χ2v) is 8.45. The molecule has 18 heavy (non-hydrogen) atoms. The lowest BCUT2D eigenvalue weighted by Gasteiger charge is -2.31. The van der Waals surface area contributed by atoms with Crippen LogP contribution in [0.15, 0.2) is 0 Å². The molecular formula is C14H27NO2S. The lowest BCUT2D eigenvalue weighted by atomic mass is 9.95. The van der Waals surface area contributed by atoms with Gasteiger partial charge in [-0.1, -0.05) is 26.2 Å². The molecule has 0 spiro atoms. The molecule has 0 aliphatic heterocycles. The van der Waals surface area contributed by atoms with Gasteiger partial charge in [-0.3, -0.25) is 0 Å². The van der Waals surface area contributed by atoms with Crippen molar-refractivity contribution in [2.24, 2.45) is 0 Å². The SMILES string of the molecule is CCCNC1CCCC(S(=O)(=O)C2CCCC2)C1. The first kappa shape index (κ1) is 14.3. The molecule has 0 radical (unpaired) electrons. The fourth-order valence-corrected chi connectivity index (χ4v) is 6.00. The molecule has 2 atom stereocenters. The van der Waals surface area contributed by atoms with E-state index in [2.05, 4.69) is 12.2 Å². The Labute approximate surface area is 112 Å². The zero-order chi connectivity index (χ0) is 13.0. The number of nitrogens with one attached hydrogen (secondary N) is 1. The van der Waals surface area contributed by atoms with Crippen LogP contribution in [0.2, 0.25) is 0 Å². The molecule has 0 bridgehead atoms. The zero-order valence-electron chi connectivity index (χ0n) is 11.5. The van der Waals surface area contributed by atoms with Gasteiger partial charge in [-0.2, -0.15) is 0 Å². The Balaban J connectivity index is 1.94. The predicted octanol–water partition coefficient (Wildman–Crippen LogP) is 2.65. The van der Waals surface area contributed by atoms with E-state index in [1.165, 1.54) is 0 Å². The van der Waals surface area contributed by atoms with Crippen LogP contribution < -0.4 is 5.32 Å². The van der Waals surface area contributed by atoms with Crippen LogP contribution in [0.5, 0.6) is 0 Å². The fourth-order valence-electron chi connectivity index (χ4n) is 3.47. The molecule has 2 aliphatic carbocycles. The summed E-state index contributed by atoms with van der Waals surface area (Å²) in [7, 11) is -2.86. The predicted molar refractivity (Wildman–Crippen MR) is 75.5 cm³/mol. The maximum atomic E-state index is 12.6. The second-order valence-electron chi connectivity index (χ2n) is 5.94. The van der Waals surface area contributed by atoms with Crippen LogP contribution in [0, 0.1) is 0 Å². The molecule has 0 amide bonds. The molecule has 3 nitrogen and oxygen atoms in total. The van der Waals surface area contributed by atoms with Gasteiger partial charge in [-0.05, 0) is 45.1 Å². The van der Waals surface area contributed by atoms with Gasteiger partial charge in [0.15, 0.2) is 9.84 Å². The lowest BCUT2D eigenvalue weighted by molar-refractivity contribution is 0.370. The first-order valence-corrected chi connectivity index (χ1v) is 9.21. The van der Waals surface area contributed by atoms with Gasteiger partial charge >= 0.3 is 0 Å². The van der Waals surface area contributed by atoms with Gasteiger partial charge < -0.3 is 5.32 Å². The highest BCUT2D eigenvalue weighted by Crippen LogP contribution is 2.33. The van der Waals surface area contributed by atoms with Gasteiger partial charge in [0, 0.05) is 6.04 Å². The van der Waals surface area contributed by atoms with Crippen molar-refractivity contribution in [3.05, 3.63) is 0 Å². The van der Waals surface area contributed by atoms with Gasteiger partial charge in [0.05, 0.1) is 10.5 Å². The minimum Gasteiger partial charge on any atom is -0.314 e. The van der Waals surface area contributed by atoms with E-state index in [4.69, 9.17) is 0 Å². The van der Waals surface area contributed by atoms with Crippen LogP contribution in [0.4, 0.5) is 0 Å². The summed E-state index contributed by atoms with van der Waals surface area (Å²) in [5.74, 6) is 0. The Morgan fingerprint density at radius 1 is 1.00 bits per heavy atom. The Bertz CT molecular complexity index is 347. The van der Waals surface area contributed by atoms with Crippen LogP contribution in [0.25, 0.3) is 0 Å². The molecule has 0 aromatic heterocycles. The summed E-state index contributed by atoms with van der Waals surface area (Å²) >= 11 is 0. The highest BCUT2D eigenvalue weighted by atomic mass is 32.2. The maximum Gasteiger partial charge on any atom is 0.156 e. The topological polar surface area (TPSA) is 46.2 Å². The molecule has 0 saturated heterocycles. The van der Waals surface area contributed by atoms with Gasteiger partial charge in [-0.25, -0.2) is 8.42 Å². The molecule has 2 aliphatic rings. The summed E-state index contributed by atoms with van der Waals surface area (Å²) in [6.45, 7) is 3.17. The normalized spacial score (nSPS) is 30.7. The Kier molecular flexibility index (Phi) is 5.07. The van der Waals surface area contributed by atoms with Crippen molar-refractivity contribution in [2.45, 2.75) is 81.3 Å². The van der Waals surface area contributed by atoms with E-state index in [1.54, 1.807) is 0 Å². The van der Waals surface area contributed by atoms with Gasteiger partial charge in [0.2, 0.25) is 0 Å². The van der Waals surface area contributed by atoms with Crippen LogP contribution in [0.3, 0.4) is 0 Å². The van der Waals surface area contributed by atoms with Crippen molar-refractivity contribution >= 4 is 9.84 Å². The Morgan fingerprint density at radius 3 is 2.33 bits per heavy atom. The summed E-state index contributed by atoms with van der Waals surface area (Å²) in [5.41, 5.74) is 0. The summed E-state index contributed by atoms with van der Waals surface area (Å²) < 4.78 is 25.2. The third kappa shape index (κ3) is 3.27. The van der Waals surface area contributed by atoms with Crippen LogP contribution in [0.1, 0.15) is 64.7 Å². The van der Waals surface area contributed by atoms with Crippen molar-refractivity contribution < 1.29 is 8.42 Å². The molecule has 0 heterocycles. The fraction of sp³-hybridized carbons (Fsp3) is 1.00. The lowest BCUT2D eigenvalue weighted by Crippen LogP contribution is -2.41. The molecule has 0 aromatic rings. The zero-order valence-corrected chi connectivity index (χ0v) is 12.3. The Morgan fingerprint density at radius 2 is 1.67 bits per heavy atom. The smallest absolute Gasteiger partial charge is 0.156 e. The summed E-state index contributed by atoms with van der Waals surface area (Å²) in [5, 5.41) is 3.41. The molecule has 2 fully saturated rings. The summed E-state index contributed by atoms with van der Waals surface area (Å²) in [6.07, 6.45) is 9.10. The average molecular weight is 273 g/mol. The van der Waals surface area contributed by atoms with Crippen molar-refractivity contribution in [3.63, 3.8) is 0 Å². The Hall–Kier alpha value is -0.0900. The first-order valence-electron chi connectivity index (χ1n) is 7.60. The summed E-state index contributed by atoms with van der Waals surface area (Å²) in [4.78, 5) is 0. The second kappa shape index (κ2) is 6.38. The van der Waals surface area contributed by atoms with Crippen LogP contribution in [-0.2, 0) is 9.84 Å². The largest absolute Gasteiger partial charge is 0.314 e. The summed E-state index contributed by atoms with van der Waals surface area (Å²) in [6, 6.07) is 0.430.